The average molecular weight is 345 g/mol. The first-order valence-electron chi connectivity index (χ1n) is 6.31. The number of amides is 1. The molecule has 5 nitrogen and oxygen atoms in total. The summed E-state index contributed by atoms with van der Waals surface area (Å²) in [5.41, 5.74) is 0.697. The third kappa shape index (κ3) is 4.56. The Labute approximate surface area is 136 Å². The summed E-state index contributed by atoms with van der Waals surface area (Å²) in [4.78, 5) is 12.2. The van der Waals surface area contributed by atoms with E-state index in [2.05, 4.69) is 20.8 Å². The van der Waals surface area contributed by atoms with Gasteiger partial charge in [-0.15, -0.1) is 10.2 Å². The number of carbonyl (C=O) groups is 1. The predicted octanol–water partition coefficient (Wildman–Crippen LogP) is 3.98. The highest BCUT2D eigenvalue weighted by Crippen LogP contribution is 2.23. The second kappa shape index (κ2) is 7.06. The number of hydrogen-bond donors (Lipinski definition) is 2. The van der Waals surface area contributed by atoms with Crippen molar-refractivity contribution in [2.75, 3.05) is 10.6 Å². The quantitative estimate of drug-likeness (QED) is 0.860. The number of aryl methyl sites for hydroxylation is 1. The van der Waals surface area contributed by atoms with Crippen LogP contribution in [0.1, 0.15) is 18.4 Å². The SMILES string of the molecule is CC[C@H](Nc1cc(Cl)cc(Cl)c1)C(=O)Nc1nnc(C)s1. The highest BCUT2D eigenvalue weighted by Gasteiger charge is 2.18. The van der Waals surface area contributed by atoms with Crippen LogP contribution >= 0.6 is 34.5 Å². The molecule has 21 heavy (non-hydrogen) atoms. The zero-order valence-corrected chi connectivity index (χ0v) is 13.8. The van der Waals surface area contributed by atoms with E-state index >= 15 is 0 Å². The monoisotopic (exact) mass is 344 g/mol. The van der Waals surface area contributed by atoms with Gasteiger partial charge < -0.3 is 5.32 Å². The molecule has 1 aromatic carbocycles. The minimum Gasteiger partial charge on any atom is -0.374 e. The molecule has 0 unspecified atom stereocenters. The van der Waals surface area contributed by atoms with Gasteiger partial charge in [0.05, 0.1) is 0 Å². The molecule has 0 saturated carbocycles. The molecule has 0 saturated heterocycles. The Morgan fingerprint density at radius 2 is 1.95 bits per heavy atom. The second-order valence-corrected chi connectivity index (χ2v) is 6.43. The van der Waals surface area contributed by atoms with E-state index in [4.69, 9.17) is 23.2 Å². The van der Waals surface area contributed by atoms with Crippen molar-refractivity contribution in [3.05, 3.63) is 33.3 Å². The molecule has 2 N–H and O–H groups in total. The molecule has 2 rings (SSSR count). The highest BCUT2D eigenvalue weighted by molar-refractivity contribution is 7.15. The van der Waals surface area contributed by atoms with Crippen molar-refractivity contribution in [1.82, 2.24) is 10.2 Å². The summed E-state index contributed by atoms with van der Waals surface area (Å²) in [6, 6.07) is 4.67. The average Bonchev–Trinajstić information content (AvgIpc) is 2.80. The number of carbonyl (C=O) groups excluding carboxylic acids is 1. The molecule has 0 radical (unpaired) electrons. The minimum atomic E-state index is -0.413. The highest BCUT2D eigenvalue weighted by atomic mass is 35.5. The number of aromatic nitrogens is 2. The van der Waals surface area contributed by atoms with E-state index in [-0.39, 0.29) is 5.91 Å². The van der Waals surface area contributed by atoms with E-state index < -0.39 is 6.04 Å². The Bertz CT molecular complexity index is 627. The van der Waals surface area contributed by atoms with Gasteiger partial charge in [-0.3, -0.25) is 10.1 Å². The Kier molecular flexibility index (Phi) is 5.39. The molecule has 1 aromatic heterocycles. The van der Waals surface area contributed by atoms with Crippen LogP contribution in [0, 0.1) is 6.92 Å². The van der Waals surface area contributed by atoms with E-state index in [0.29, 0.717) is 27.3 Å². The van der Waals surface area contributed by atoms with Crippen molar-refractivity contribution in [3.63, 3.8) is 0 Å². The van der Waals surface area contributed by atoms with Crippen molar-refractivity contribution >= 4 is 51.3 Å². The standard InChI is InChI=1S/C13H14Cl2N4OS/c1-3-11(12(20)17-13-19-18-7(2)21-13)16-10-5-8(14)4-9(15)6-10/h4-6,11,16H,3H2,1-2H3,(H,17,19,20)/t11-/m0/s1. The number of benzene rings is 1. The molecule has 2 aromatic rings. The van der Waals surface area contributed by atoms with Crippen molar-refractivity contribution in [1.29, 1.82) is 0 Å². The maximum atomic E-state index is 12.2. The first-order chi connectivity index (χ1) is 9.97. The van der Waals surface area contributed by atoms with Gasteiger partial charge in [0.25, 0.3) is 0 Å². The molecule has 0 fully saturated rings. The first kappa shape index (κ1) is 16.0. The van der Waals surface area contributed by atoms with Crippen LogP contribution in [-0.4, -0.2) is 22.1 Å². The summed E-state index contributed by atoms with van der Waals surface area (Å²) >= 11 is 13.2. The molecular formula is C13H14Cl2N4OS. The van der Waals surface area contributed by atoms with Gasteiger partial charge >= 0.3 is 0 Å². The molecule has 1 amide bonds. The van der Waals surface area contributed by atoms with Crippen LogP contribution in [0.3, 0.4) is 0 Å². The Morgan fingerprint density at radius 1 is 1.29 bits per heavy atom. The van der Waals surface area contributed by atoms with Crippen LogP contribution in [0.25, 0.3) is 0 Å². The van der Waals surface area contributed by atoms with E-state index in [1.165, 1.54) is 11.3 Å². The van der Waals surface area contributed by atoms with E-state index in [1.807, 2.05) is 13.8 Å². The van der Waals surface area contributed by atoms with Gasteiger partial charge in [0, 0.05) is 15.7 Å². The van der Waals surface area contributed by atoms with E-state index in [0.717, 1.165) is 5.01 Å². The number of anilines is 2. The Balaban J connectivity index is 2.06. The van der Waals surface area contributed by atoms with Crippen LogP contribution in [0.5, 0.6) is 0 Å². The van der Waals surface area contributed by atoms with Gasteiger partial charge in [0.15, 0.2) is 0 Å². The number of rotatable bonds is 5. The lowest BCUT2D eigenvalue weighted by molar-refractivity contribution is -0.117. The number of nitrogens with zero attached hydrogens (tertiary/aromatic N) is 2. The molecule has 0 aliphatic carbocycles. The van der Waals surface area contributed by atoms with Crippen molar-refractivity contribution in [2.45, 2.75) is 26.3 Å². The summed E-state index contributed by atoms with van der Waals surface area (Å²) in [7, 11) is 0. The topological polar surface area (TPSA) is 66.9 Å². The van der Waals surface area contributed by atoms with Crippen molar-refractivity contribution in [2.24, 2.45) is 0 Å². The van der Waals surface area contributed by atoms with Crippen LogP contribution in [-0.2, 0) is 4.79 Å². The maximum Gasteiger partial charge on any atom is 0.248 e. The lowest BCUT2D eigenvalue weighted by atomic mass is 10.2. The first-order valence-corrected chi connectivity index (χ1v) is 7.88. The molecule has 0 aliphatic heterocycles. The fourth-order valence-electron chi connectivity index (χ4n) is 1.73. The maximum absolute atomic E-state index is 12.2. The largest absolute Gasteiger partial charge is 0.374 e. The van der Waals surface area contributed by atoms with Gasteiger partial charge in [0.1, 0.15) is 11.0 Å². The Hall–Kier alpha value is -1.37. The smallest absolute Gasteiger partial charge is 0.248 e. The van der Waals surface area contributed by atoms with Gasteiger partial charge in [-0.1, -0.05) is 41.5 Å². The number of nitrogens with one attached hydrogen (secondary N) is 2. The Morgan fingerprint density at radius 3 is 2.48 bits per heavy atom. The molecule has 1 atom stereocenters. The van der Waals surface area contributed by atoms with Crippen LogP contribution in [0.4, 0.5) is 10.8 Å². The lowest BCUT2D eigenvalue weighted by Gasteiger charge is -2.17. The number of hydrogen-bond acceptors (Lipinski definition) is 5. The second-order valence-electron chi connectivity index (χ2n) is 4.38. The van der Waals surface area contributed by atoms with E-state index in [1.54, 1.807) is 18.2 Å². The van der Waals surface area contributed by atoms with Gasteiger partial charge in [-0.05, 0) is 31.5 Å². The molecule has 0 bridgehead atoms. The fourth-order valence-corrected chi connectivity index (χ4v) is 2.85. The summed E-state index contributed by atoms with van der Waals surface area (Å²) in [5.74, 6) is -0.176. The summed E-state index contributed by atoms with van der Waals surface area (Å²) in [6.45, 7) is 3.74. The zero-order chi connectivity index (χ0) is 15.4. The molecule has 112 valence electrons. The summed E-state index contributed by atoms with van der Waals surface area (Å²) < 4.78 is 0. The van der Waals surface area contributed by atoms with Crippen LogP contribution < -0.4 is 10.6 Å². The fraction of sp³-hybridized carbons (Fsp3) is 0.308. The van der Waals surface area contributed by atoms with Crippen LogP contribution in [0.15, 0.2) is 18.2 Å². The summed E-state index contributed by atoms with van der Waals surface area (Å²) in [6.07, 6.45) is 0.605. The van der Waals surface area contributed by atoms with Gasteiger partial charge in [-0.2, -0.15) is 0 Å². The third-order valence-electron chi connectivity index (χ3n) is 2.68. The van der Waals surface area contributed by atoms with E-state index in [9.17, 15) is 4.79 Å². The molecule has 0 spiro atoms. The van der Waals surface area contributed by atoms with Gasteiger partial charge in [-0.25, -0.2) is 0 Å². The van der Waals surface area contributed by atoms with Crippen LogP contribution in [0.2, 0.25) is 10.0 Å². The molecule has 0 aliphatic rings. The predicted molar refractivity (Wildman–Crippen MR) is 87.4 cm³/mol. The van der Waals surface area contributed by atoms with Crippen molar-refractivity contribution < 1.29 is 4.79 Å². The minimum absolute atomic E-state index is 0.176. The van der Waals surface area contributed by atoms with Gasteiger partial charge in [0.2, 0.25) is 11.0 Å². The lowest BCUT2D eigenvalue weighted by Crippen LogP contribution is -2.34. The molecule has 8 heteroatoms. The molecular weight excluding hydrogens is 331 g/mol. The normalized spacial score (nSPS) is 12.0. The summed E-state index contributed by atoms with van der Waals surface area (Å²) in [5, 5.41) is 15.9. The number of halogens is 2. The van der Waals surface area contributed by atoms with Crippen molar-refractivity contribution in [3.8, 4) is 0 Å². The zero-order valence-electron chi connectivity index (χ0n) is 11.5. The molecule has 1 heterocycles. The third-order valence-corrected chi connectivity index (χ3v) is 3.87.